The molecule has 2 fully saturated rings. The average Bonchev–Trinajstić information content (AvgIpc) is 3.89. The van der Waals surface area contributed by atoms with Gasteiger partial charge in [0, 0.05) is 45.4 Å². The van der Waals surface area contributed by atoms with Crippen LogP contribution in [-0.2, 0) is 16.2 Å². The van der Waals surface area contributed by atoms with Gasteiger partial charge in [0.05, 0.1) is 0 Å². The number of fused-ring (bicyclic) bond motifs is 7. The zero-order chi connectivity index (χ0) is 39.1. The van der Waals surface area contributed by atoms with E-state index in [9.17, 15) is 0 Å². The summed E-state index contributed by atoms with van der Waals surface area (Å²) < 4.78 is 6.81. The molecule has 0 amide bonds. The first-order valence-corrected chi connectivity index (χ1v) is 21.2. The third kappa shape index (κ3) is 5.60. The first-order chi connectivity index (χ1) is 26.5. The van der Waals surface area contributed by atoms with Gasteiger partial charge in [0.25, 0.3) is 6.71 Å². The molecule has 0 radical (unpaired) electrons. The fourth-order valence-electron chi connectivity index (χ4n) is 10.7. The third-order valence-corrected chi connectivity index (χ3v) is 13.8. The van der Waals surface area contributed by atoms with Gasteiger partial charge in [0.15, 0.2) is 0 Å². The second-order valence-electron chi connectivity index (χ2n) is 20.8. The van der Waals surface area contributed by atoms with Crippen molar-refractivity contribution in [3.8, 4) is 11.3 Å². The SMILES string of the molecule is Cc1cc2c3c(c1)N(C1CC4CCC1C4)c1ccc(C(C)(C)C)cc1B3c1cc3oc(-c4ccccc4)cc3cc1N2c1cc(C(C)(C)C)cc(C(C)(C)C)c1. The second-order valence-corrected chi connectivity index (χ2v) is 20.8. The molecule has 2 aliphatic heterocycles. The monoisotopic (exact) mass is 736 g/mol. The molecule has 0 N–H and O–H groups in total. The lowest BCUT2D eigenvalue weighted by Gasteiger charge is -2.48. The number of furan rings is 1. The van der Waals surface area contributed by atoms with Crippen LogP contribution in [0.1, 0.15) is 110 Å². The minimum atomic E-state index is -0.0107. The summed E-state index contributed by atoms with van der Waals surface area (Å²) in [6.07, 6.45) is 5.41. The third-order valence-electron chi connectivity index (χ3n) is 13.8. The Labute approximate surface area is 335 Å². The molecular formula is C52H57BN2O. The summed E-state index contributed by atoms with van der Waals surface area (Å²) in [6.45, 7) is 23.6. The van der Waals surface area contributed by atoms with Crippen LogP contribution in [0.2, 0.25) is 0 Å². The highest BCUT2D eigenvalue weighted by Crippen LogP contribution is 2.52. The zero-order valence-corrected chi connectivity index (χ0v) is 35.2. The van der Waals surface area contributed by atoms with Gasteiger partial charge in [-0.15, -0.1) is 0 Å². The summed E-state index contributed by atoms with van der Waals surface area (Å²) in [5.41, 5.74) is 18.3. The Kier molecular flexibility index (Phi) is 7.75. The molecule has 5 aromatic carbocycles. The van der Waals surface area contributed by atoms with E-state index >= 15 is 0 Å². The highest BCUT2D eigenvalue weighted by Gasteiger charge is 2.49. The fraction of sp³-hybridized carbons (Fsp3) is 0.385. The standard InChI is InChI=1S/C52H57BN2O/c1-31-20-45-49-46(21-31)55(43-23-32-16-17-34(43)22-32)42-19-18-36(50(2,3)4)29-40(42)53(49)41-30-48-35(25-47(56-48)33-14-12-11-13-15-33)24-44(41)54(45)39-27-37(51(5,6)7)26-38(28-39)52(8,9)10/h11-15,18-21,24-30,32,34,43H,16-17,22-23H2,1-10H3. The molecular weight excluding hydrogens is 679 g/mol. The first kappa shape index (κ1) is 35.7. The van der Waals surface area contributed by atoms with Crippen molar-refractivity contribution in [2.45, 2.75) is 117 Å². The molecule has 3 nitrogen and oxygen atoms in total. The van der Waals surface area contributed by atoms with E-state index < -0.39 is 0 Å². The van der Waals surface area contributed by atoms with Gasteiger partial charge in [-0.2, -0.15) is 0 Å². The number of anilines is 5. The summed E-state index contributed by atoms with van der Waals surface area (Å²) >= 11 is 0. The maximum Gasteiger partial charge on any atom is 0.252 e. The van der Waals surface area contributed by atoms with Gasteiger partial charge in [0.1, 0.15) is 11.3 Å². The van der Waals surface area contributed by atoms with Gasteiger partial charge in [-0.05, 0) is 141 Å². The highest BCUT2D eigenvalue weighted by molar-refractivity contribution is 7.00. The molecule has 56 heavy (non-hydrogen) atoms. The molecule has 2 aliphatic carbocycles. The van der Waals surface area contributed by atoms with Gasteiger partial charge in [-0.1, -0.05) is 117 Å². The smallest absolute Gasteiger partial charge is 0.252 e. The van der Waals surface area contributed by atoms with Crippen molar-refractivity contribution in [3.05, 3.63) is 119 Å². The number of aryl methyl sites for hydroxylation is 1. The fourth-order valence-corrected chi connectivity index (χ4v) is 10.7. The zero-order valence-electron chi connectivity index (χ0n) is 35.2. The lowest BCUT2D eigenvalue weighted by molar-refractivity contribution is 0.413. The van der Waals surface area contributed by atoms with Gasteiger partial charge < -0.3 is 14.2 Å². The van der Waals surface area contributed by atoms with E-state index in [1.807, 2.05) is 0 Å². The van der Waals surface area contributed by atoms with E-state index in [0.29, 0.717) is 6.04 Å². The summed E-state index contributed by atoms with van der Waals surface area (Å²) in [5.74, 6) is 2.50. The molecule has 1 aromatic heterocycles. The van der Waals surface area contributed by atoms with Crippen LogP contribution < -0.4 is 26.2 Å². The number of rotatable bonds is 3. The highest BCUT2D eigenvalue weighted by atomic mass is 16.3. The van der Waals surface area contributed by atoms with Crippen LogP contribution in [0, 0.1) is 18.8 Å². The molecule has 6 aromatic rings. The molecule has 0 saturated heterocycles. The van der Waals surface area contributed by atoms with Crippen molar-refractivity contribution in [3.63, 3.8) is 0 Å². The van der Waals surface area contributed by atoms with Crippen molar-refractivity contribution in [1.29, 1.82) is 0 Å². The topological polar surface area (TPSA) is 19.6 Å². The Bertz CT molecular complexity index is 2510. The minimum Gasteiger partial charge on any atom is -0.456 e. The predicted octanol–water partition coefficient (Wildman–Crippen LogP) is 12.2. The maximum absolute atomic E-state index is 6.81. The quantitative estimate of drug-likeness (QED) is 0.168. The number of benzene rings is 5. The Morgan fingerprint density at radius 1 is 0.607 bits per heavy atom. The van der Waals surface area contributed by atoms with Crippen molar-refractivity contribution in [1.82, 2.24) is 0 Å². The average molecular weight is 737 g/mol. The summed E-state index contributed by atoms with van der Waals surface area (Å²) in [7, 11) is 0. The summed E-state index contributed by atoms with van der Waals surface area (Å²) in [6, 6.07) is 38.1. The van der Waals surface area contributed by atoms with E-state index in [0.717, 1.165) is 34.1 Å². The molecule has 4 aliphatic rings. The van der Waals surface area contributed by atoms with Crippen LogP contribution >= 0.6 is 0 Å². The Balaban J connectivity index is 1.30. The van der Waals surface area contributed by atoms with E-state index in [1.165, 1.54) is 92.8 Å². The molecule has 2 saturated carbocycles. The van der Waals surface area contributed by atoms with E-state index in [-0.39, 0.29) is 23.0 Å². The van der Waals surface area contributed by atoms with Crippen LogP contribution in [-0.4, -0.2) is 12.8 Å². The van der Waals surface area contributed by atoms with Gasteiger partial charge in [-0.3, -0.25) is 0 Å². The van der Waals surface area contributed by atoms with Crippen molar-refractivity contribution >= 4 is 62.5 Å². The molecule has 284 valence electrons. The molecule has 4 heteroatoms. The Morgan fingerprint density at radius 3 is 1.93 bits per heavy atom. The van der Waals surface area contributed by atoms with Crippen molar-refractivity contribution in [2.24, 2.45) is 11.8 Å². The van der Waals surface area contributed by atoms with Gasteiger partial charge in [0.2, 0.25) is 0 Å². The largest absolute Gasteiger partial charge is 0.456 e. The number of hydrogen-bond donors (Lipinski definition) is 0. The van der Waals surface area contributed by atoms with E-state index in [4.69, 9.17) is 4.42 Å². The predicted molar refractivity (Wildman–Crippen MR) is 240 cm³/mol. The Hall–Kier alpha value is -4.70. The van der Waals surface area contributed by atoms with Crippen molar-refractivity contribution in [2.75, 3.05) is 9.80 Å². The molecule has 3 atom stereocenters. The molecule has 3 unspecified atom stereocenters. The second kappa shape index (κ2) is 12.2. The van der Waals surface area contributed by atoms with Gasteiger partial charge in [-0.25, -0.2) is 0 Å². The maximum atomic E-state index is 6.81. The van der Waals surface area contributed by atoms with Crippen LogP contribution in [0.15, 0.2) is 101 Å². The molecule has 3 heterocycles. The van der Waals surface area contributed by atoms with E-state index in [1.54, 1.807) is 0 Å². The van der Waals surface area contributed by atoms with Gasteiger partial charge >= 0.3 is 0 Å². The summed E-state index contributed by atoms with van der Waals surface area (Å²) in [5, 5.41) is 1.13. The lowest BCUT2D eigenvalue weighted by atomic mass is 9.33. The number of hydrogen-bond acceptors (Lipinski definition) is 3. The molecule has 2 bridgehead atoms. The van der Waals surface area contributed by atoms with Crippen LogP contribution in [0.3, 0.4) is 0 Å². The Morgan fingerprint density at radius 2 is 1.29 bits per heavy atom. The molecule has 0 spiro atoms. The normalized spacial score (nSPS) is 20.1. The van der Waals surface area contributed by atoms with Crippen LogP contribution in [0.25, 0.3) is 22.3 Å². The van der Waals surface area contributed by atoms with Crippen LogP contribution in [0.4, 0.5) is 28.4 Å². The molecule has 10 rings (SSSR count). The lowest BCUT2D eigenvalue weighted by Crippen LogP contribution is -2.63. The number of nitrogens with zero attached hydrogens (tertiary/aromatic N) is 2. The minimum absolute atomic E-state index is 0.0107. The first-order valence-electron chi connectivity index (χ1n) is 21.2. The van der Waals surface area contributed by atoms with Crippen LogP contribution in [0.5, 0.6) is 0 Å². The van der Waals surface area contributed by atoms with E-state index in [2.05, 4.69) is 176 Å². The summed E-state index contributed by atoms with van der Waals surface area (Å²) in [4.78, 5) is 5.47. The van der Waals surface area contributed by atoms with Crippen molar-refractivity contribution < 1.29 is 4.42 Å².